The number of carbonyl (C=O) groups is 3. The number of aromatic nitrogens is 2. The monoisotopic (exact) mass is 657 g/mol. The number of ether oxygens (including phenoxy) is 2. The number of hydrogen-bond donors (Lipinski definition) is 5. The van der Waals surface area contributed by atoms with Gasteiger partial charge in [0.1, 0.15) is 23.4 Å². The van der Waals surface area contributed by atoms with Crippen molar-refractivity contribution in [2.45, 2.75) is 46.3 Å². The first-order chi connectivity index (χ1) is 21.9. The van der Waals surface area contributed by atoms with E-state index in [1.165, 1.54) is 42.9 Å². The molecule has 0 aliphatic heterocycles. The van der Waals surface area contributed by atoms with Crippen LogP contribution in [0.25, 0.3) is 21.7 Å². The maximum atomic E-state index is 14.0. The molecule has 0 aliphatic carbocycles. The molecule has 5 N–H and O–H groups in total. The van der Waals surface area contributed by atoms with Gasteiger partial charge >= 0.3 is 11.9 Å². The molecule has 4 aromatic rings. The lowest BCUT2D eigenvalue weighted by Crippen LogP contribution is -2.43. The van der Waals surface area contributed by atoms with Crippen LogP contribution in [0.4, 0.5) is 4.39 Å². The summed E-state index contributed by atoms with van der Waals surface area (Å²) in [5.41, 5.74) is 0.838. The van der Waals surface area contributed by atoms with Gasteiger partial charge in [0.05, 0.1) is 30.7 Å². The van der Waals surface area contributed by atoms with Crippen LogP contribution in [0, 0.1) is 5.82 Å². The second-order valence-corrected chi connectivity index (χ2v) is 13.0. The van der Waals surface area contributed by atoms with Gasteiger partial charge in [0.2, 0.25) is 13.3 Å². The molecule has 0 saturated carbocycles. The number of amides is 1. The van der Waals surface area contributed by atoms with Crippen LogP contribution in [0.15, 0.2) is 48.8 Å². The van der Waals surface area contributed by atoms with Crippen molar-refractivity contribution in [3.05, 3.63) is 65.7 Å². The van der Waals surface area contributed by atoms with Gasteiger partial charge < -0.3 is 29.6 Å². The maximum absolute atomic E-state index is 14.0. The van der Waals surface area contributed by atoms with E-state index in [1.807, 2.05) is 0 Å². The third-order valence-electron chi connectivity index (χ3n) is 7.15. The Morgan fingerprint density at radius 2 is 1.59 bits per heavy atom. The highest BCUT2D eigenvalue weighted by atomic mass is 31.2. The molecule has 0 fully saturated rings. The topological polar surface area (TPSA) is 181 Å². The predicted octanol–water partition coefficient (Wildman–Crippen LogP) is 3.79. The fraction of sp³-hybridized carbons (Fsp3) is 0.355. The fourth-order valence-corrected chi connectivity index (χ4v) is 7.25. The highest BCUT2D eigenvalue weighted by Gasteiger charge is 2.32. The Balaban J connectivity index is 1.65. The molecule has 13 nitrogen and oxygen atoms in total. The van der Waals surface area contributed by atoms with Gasteiger partial charge in [-0.2, -0.15) is 0 Å². The normalized spacial score (nSPS) is 13.0. The van der Waals surface area contributed by atoms with Gasteiger partial charge in [0.25, 0.3) is 5.91 Å². The minimum Gasteiger partial charge on any atom is -0.505 e. The summed E-state index contributed by atoms with van der Waals surface area (Å²) in [7, 11) is -3.72. The molecule has 0 aliphatic rings. The van der Waals surface area contributed by atoms with E-state index >= 15 is 0 Å². The number of nitrogens with zero attached hydrogens (tertiary/aromatic N) is 2. The Labute approximate surface area is 264 Å². The number of hydrogen-bond acceptors (Lipinski definition) is 9. The van der Waals surface area contributed by atoms with E-state index in [0.717, 1.165) is 0 Å². The molecule has 246 valence electrons. The van der Waals surface area contributed by atoms with Gasteiger partial charge in [-0.15, -0.1) is 0 Å². The molecule has 0 unspecified atom stereocenters. The van der Waals surface area contributed by atoms with Gasteiger partial charge in [-0.1, -0.05) is 18.2 Å². The van der Waals surface area contributed by atoms with Crippen LogP contribution in [0.3, 0.4) is 0 Å². The summed E-state index contributed by atoms with van der Waals surface area (Å²) in [6, 6.07) is 6.86. The van der Waals surface area contributed by atoms with Crippen LogP contribution in [0.2, 0.25) is 0 Å². The Morgan fingerprint density at radius 1 is 0.978 bits per heavy atom. The van der Waals surface area contributed by atoms with Crippen LogP contribution in [0.1, 0.15) is 43.6 Å². The van der Waals surface area contributed by atoms with Crippen molar-refractivity contribution < 1.29 is 43.0 Å². The molecule has 1 amide bonds. The quantitative estimate of drug-likeness (QED) is 0.0983. The molecule has 0 saturated heterocycles. The van der Waals surface area contributed by atoms with Crippen LogP contribution >= 0.6 is 7.44 Å². The number of pyridine rings is 1. The first kappa shape index (κ1) is 34.4. The van der Waals surface area contributed by atoms with Crippen molar-refractivity contribution >= 4 is 47.0 Å². The molecule has 2 atom stereocenters. The lowest BCUT2D eigenvalue weighted by Gasteiger charge is -2.26. The first-order valence-electron chi connectivity index (χ1n) is 14.7. The highest BCUT2D eigenvalue weighted by Crippen LogP contribution is 2.42. The molecule has 0 radical (unpaired) electrons. The average molecular weight is 658 g/mol. The van der Waals surface area contributed by atoms with Crippen molar-refractivity contribution in [1.29, 1.82) is 0 Å². The minimum atomic E-state index is -3.72. The van der Waals surface area contributed by atoms with Crippen molar-refractivity contribution in [3.63, 3.8) is 0 Å². The summed E-state index contributed by atoms with van der Waals surface area (Å²) in [6.45, 7) is 6.38. The molecular formula is C31H37FN5O8P. The van der Waals surface area contributed by atoms with Gasteiger partial charge in [-0.3, -0.25) is 23.9 Å². The van der Waals surface area contributed by atoms with E-state index in [0.29, 0.717) is 10.9 Å². The Bertz CT molecular complexity index is 1770. The van der Waals surface area contributed by atoms with Gasteiger partial charge in [-0.25, -0.2) is 14.6 Å². The molecule has 4 rings (SSSR count). The molecule has 0 spiro atoms. The van der Waals surface area contributed by atoms with E-state index in [9.17, 15) is 33.6 Å². The third-order valence-corrected chi connectivity index (χ3v) is 9.61. The summed E-state index contributed by atoms with van der Waals surface area (Å²) >= 11 is 0. The number of phenolic OH excluding ortho intramolecular Hbond substituents is 1. The summed E-state index contributed by atoms with van der Waals surface area (Å²) < 4.78 is 38.9. The number of esters is 2. The van der Waals surface area contributed by atoms with E-state index in [1.54, 1.807) is 38.1 Å². The predicted molar refractivity (Wildman–Crippen MR) is 169 cm³/mol. The van der Waals surface area contributed by atoms with Crippen molar-refractivity contribution in [2.24, 2.45) is 0 Å². The molecule has 0 bridgehead atoms. The summed E-state index contributed by atoms with van der Waals surface area (Å²) in [4.78, 5) is 42.6. The first-order valence-corrected chi connectivity index (χ1v) is 16.6. The van der Waals surface area contributed by atoms with Crippen LogP contribution in [-0.4, -0.2) is 75.6 Å². The summed E-state index contributed by atoms with van der Waals surface area (Å²) in [5.74, 6) is -2.97. The van der Waals surface area contributed by atoms with Gasteiger partial charge in [0.15, 0.2) is 5.75 Å². The standard InChI is InChI=1S/C31H37FN5O8P/c1-5-44-30(41)18(3)35-46(43,36-19(4)31(42)45-6-2)15-14-34-28(39)24-22-8-7-13-33-26(22)27(38)25-23(24)17-37(29(25)40)16-20-9-11-21(32)12-10-20/h7-13,17-19,38,40H,5-6,14-16H2,1-4H3,(H,34,39)(H2,35,36,43)/t18-,19-/m0/s1. The largest absolute Gasteiger partial charge is 0.505 e. The summed E-state index contributed by atoms with van der Waals surface area (Å²) in [5, 5.41) is 30.9. The van der Waals surface area contributed by atoms with Gasteiger partial charge in [0, 0.05) is 35.9 Å². The fourth-order valence-electron chi connectivity index (χ4n) is 5.03. The van der Waals surface area contributed by atoms with Crippen molar-refractivity contribution in [1.82, 2.24) is 25.0 Å². The minimum absolute atomic E-state index is 0.000936. The van der Waals surface area contributed by atoms with Crippen molar-refractivity contribution in [2.75, 3.05) is 25.9 Å². The number of fused-ring (bicyclic) bond motifs is 2. The number of nitrogens with one attached hydrogen (secondary N) is 3. The van der Waals surface area contributed by atoms with Crippen LogP contribution in [-0.2, 0) is 30.2 Å². The number of halogens is 1. The zero-order valence-electron chi connectivity index (χ0n) is 25.9. The number of carbonyl (C=O) groups excluding carboxylic acids is 3. The van der Waals surface area contributed by atoms with Gasteiger partial charge in [-0.05, 0) is 51.5 Å². The van der Waals surface area contributed by atoms with E-state index in [4.69, 9.17) is 9.47 Å². The second-order valence-electron chi connectivity index (χ2n) is 10.5. The Hall–Kier alpha value is -4.52. The van der Waals surface area contributed by atoms with Crippen LogP contribution in [0.5, 0.6) is 11.6 Å². The summed E-state index contributed by atoms with van der Waals surface area (Å²) in [6.07, 6.45) is 2.72. The van der Waals surface area contributed by atoms with E-state index in [-0.39, 0.29) is 65.9 Å². The molecule has 2 aromatic carbocycles. The number of aromatic hydroxyl groups is 2. The Kier molecular flexibility index (Phi) is 11.0. The molecule has 15 heteroatoms. The number of phenols is 1. The molecular weight excluding hydrogens is 620 g/mol. The highest BCUT2D eigenvalue weighted by molar-refractivity contribution is 7.60. The zero-order valence-corrected chi connectivity index (χ0v) is 26.8. The lowest BCUT2D eigenvalue weighted by atomic mass is 10.0. The number of benzene rings is 2. The second kappa shape index (κ2) is 14.7. The molecule has 2 heterocycles. The average Bonchev–Trinajstić information content (AvgIpc) is 3.33. The molecule has 46 heavy (non-hydrogen) atoms. The zero-order chi connectivity index (χ0) is 33.6. The van der Waals surface area contributed by atoms with E-state index in [2.05, 4.69) is 20.5 Å². The SMILES string of the molecule is CCOC(=O)[C@H](C)NP(=O)(CCNC(=O)c1c2cccnc2c(O)c2c(O)n(Cc3ccc(F)cc3)cc12)N[C@@H](C)C(=O)OCC. The molecule has 2 aromatic heterocycles. The number of rotatable bonds is 14. The third kappa shape index (κ3) is 7.64. The maximum Gasteiger partial charge on any atom is 0.323 e. The Morgan fingerprint density at radius 3 is 2.17 bits per heavy atom. The van der Waals surface area contributed by atoms with E-state index < -0.39 is 43.2 Å². The lowest BCUT2D eigenvalue weighted by molar-refractivity contribution is -0.145. The van der Waals surface area contributed by atoms with Crippen molar-refractivity contribution in [3.8, 4) is 11.6 Å². The smallest absolute Gasteiger partial charge is 0.323 e. The van der Waals surface area contributed by atoms with Crippen LogP contribution < -0.4 is 15.5 Å².